The van der Waals surface area contributed by atoms with Crippen molar-refractivity contribution in [3.05, 3.63) is 65.3 Å². The van der Waals surface area contributed by atoms with Crippen LogP contribution in [-0.2, 0) is 34.8 Å². The highest BCUT2D eigenvalue weighted by Crippen LogP contribution is 2.53. The highest BCUT2D eigenvalue weighted by molar-refractivity contribution is 8.18. The van der Waals surface area contributed by atoms with Crippen LogP contribution in [0.15, 0.2) is 59.7 Å². The lowest BCUT2D eigenvalue weighted by Gasteiger charge is -2.48. The number of carboxylic acid groups (broad SMARTS) is 1. The second-order valence-corrected chi connectivity index (χ2v) is 37.6. The first kappa shape index (κ1) is 68.6. The SMILES string of the molecule is C/C=C\[C@H](C)/C=C(\C)[C@@H](O)[C@@H](CO)[C@H](O)[C@H](C)[C@@H](O)CC1([C@@H](C)/C=C(\C)[C@H](O[Si](C(C)C)(C(C)C)C(C)C)[C@@H](C)[C@H](OCc2ccc(OC)cc2)[C@@H](C)[C@H](OC)[C@@H](OCOCC[Si](C)(C)C)C(=O)O)SCCCS1. The quantitative estimate of drug-likeness (QED) is 0.0188. The maximum atomic E-state index is 13.1. The molecule has 428 valence electrons. The lowest BCUT2D eigenvalue weighted by molar-refractivity contribution is -0.188. The third-order valence-corrected chi connectivity index (χ3v) is 27.2. The Labute approximate surface area is 459 Å². The fraction of sp³-hybridized carbons (Fsp3) is 0.776. The number of hydrogen-bond donors (Lipinski definition) is 5. The van der Waals surface area contributed by atoms with E-state index >= 15 is 0 Å². The van der Waals surface area contributed by atoms with Gasteiger partial charge in [0.2, 0.25) is 8.32 Å². The Bertz CT molecular complexity index is 1830. The molecule has 1 aliphatic rings. The number of benzene rings is 1. The van der Waals surface area contributed by atoms with Gasteiger partial charge in [0, 0.05) is 45.5 Å². The molecular weight excluding hydrogens is 1010 g/mol. The molecule has 5 N–H and O–H groups in total. The van der Waals surface area contributed by atoms with E-state index in [0.717, 1.165) is 40.9 Å². The van der Waals surface area contributed by atoms with Gasteiger partial charge in [-0.25, -0.2) is 4.79 Å². The summed E-state index contributed by atoms with van der Waals surface area (Å²) in [6, 6.07) is 8.67. The standard InChI is InChI=1S/C58H104O12S2Si2/c1-20-22-40(8)31-41(9)51(61)49(34-59)52(62)44(12)50(60)33-58(71-28-21-29-72-58)43(11)32-42(10)53(70-74(37(2)3,38(4)5)39(6)7)45(13)54(68-35-47-23-25-48(65-15)26-24-47)46(14)55(66-16)56(57(63)64)69-36-67-27-30-73(17,18)19/h20,22-26,31-32,37-40,43-46,49-56,59-62H,21,27-30,33-36H2,1-19H3,(H,63,64)/b22-20-,41-31+,42-32+/t40-,43-,44+,45+,46+,49+,50-,51+,52+,53-,54-,55-,56+/m0/s1. The number of aliphatic carboxylic acids is 1. The van der Waals surface area contributed by atoms with E-state index in [2.05, 4.69) is 88.0 Å². The number of aliphatic hydroxyl groups is 4. The maximum Gasteiger partial charge on any atom is 0.335 e. The van der Waals surface area contributed by atoms with E-state index in [0.29, 0.717) is 18.6 Å². The van der Waals surface area contributed by atoms with Gasteiger partial charge in [0.1, 0.15) is 12.5 Å². The third-order valence-electron chi connectivity index (χ3n) is 15.6. The second-order valence-electron chi connectivity index (χ2n) is 23.4. The summed E-state index contributed by atoms with van der Waals surface area (Å²) in [6.45, 7) is 36.6. The minimum atomic E-state index is -2.62. The summed E-state index contributed by atoms with van der Waals surface area (Å²) in [5.74, 6) is -1.00. The first-order valence-electron chi connectivity index (χ1n) is 27.4. The van der Waals surface area contributed by atoms with Crippen LogP contribution in [0.3, 0.4) is 0 Å². The molecule has 1 fully saturated rings. The van der Waals surface area contributed by atoms with Crippen LogP contribution in [0.2, 0.25) is 42.3 Å². The zero-order valence-corrected chi connectivity index (χ0v) is 52.8. The van der Waals surface area contributed by atoms with Gasteiger partial charge in [0.15, 0.2) is 6.10 Å². The molecule has 1 aliphatic heterocycles. The van der Waals surface area contributed by atoms with E-state index in [9.17, 15) is 30.3 Å². The zero-order valence-electron chi connectivity index (χ0n) is 49.1. The molecule has 0 aromatic heterocycles. The van der Waals surface area contributed by atoms with Crippen molar-refractivity contribution < 1.29 is 58.4 Å². The van der Waals surface area contributed by atoms with E-state index in [1.54, 1.807) is 7.11 Å². The molecule has 0 amide bonds. The topological polar surface area (TPSA) is 174 Å². The van der Waals surface area contributed by atoms with Crippen LogP contribution in [-0.4, -0.2) is 140 Å². The second kappa shape index (κ2) is 32.5. The first-order valence-corrected chi connectivity index (χ1v) is 35.2. The number of allylic oxidation sites excluding steroid dienone is 4. The molecule has 74 heavy (non-hydrogen) atoms. The maximum absolute atomic E-state index is 13.1. The lowest BCUT2D eigenvalue weighted by atomic mass is 9.80. The Kier molecular flexibility index (Phi) is 30.2. The zero-order chi connectivity index (χ0) is 56.3. The summed E-state index contributed by atoms with van der Waals surface area (Å²) in [6.07, 6.45) is 3.10. The van der Waals surface area contributed by atoms with Crippen LogP contribution in [0.4, 0.5) is 0 Å². The summed E-state index contributed by atoms with van der Waals surface area (Å²) in [7, 11) is -0.850. The average molecular weight is 1110 g/mol. The molecule has 1 saturated heterocycles. The molecular formula is C58H104O12S2Si2. The van der Waals surface area contributed by atoms with E-state index in [1.807, 2.05) is 101 Å². The summed E-state index contributed by atoms with van der Waals surface area (Å²) in [5, 5.41) is 56.7. The number of ether oxygens (including phenoxy) is 5. The summed E-state index contributed by atoms with van der Waals surface area (Å²) < 4.78 is 38.0. The van der Waals surface area contributed by atoms with Crippen molar-refractivity contribution in [3.63, 3.8) is 0 Å². The number of hydrogen-bond acceptors (Lipinski definition) is 13. The highest BCUT2D eigenvalue weighted by Gasteiger charge is 2.50. The van der Waals surface area contributed by atoms with Crippen LogP contribution in [0.5, 0.6) is 5.75 Å². The van der Waals surface area contributed by atoms with Crippen molar-refractivity contribution in [2.24, 2.45) is 35.5 Å². The first-order chi connectivity index (χ1) is 34.6. The fourth-order valence-electron chi connectivity index (χ4n) is 11.3. The van der Waals surface area contributed by atoms with Crippen molar-refractivity contribution in [1.29, 1.82) is 0 Å². The van der Waals surface area contributed by atoms with Gasteiger partial charge in [0.05, 0.1) is 61.0 Å². The smallest absolute Gasteiger partial charge is 0.335 e. The molecule has 1 aromatic rings. The molecule has 0 aliphatic carbocycles. The summed E-state index contributed by atoms with van der Waals surface area (Å²) >= 11 is 3.70. The van der Waals surface area contributed by atoms with Crippen molar-refractivity contribution >= 4 is 45.9 Å². The highest BCUT2D eigenvalue weighted by atomic mass is 32.2. The van der Waals surface area contributed by atoms with Gasteiger partial charge in [-0.05, 0) is 108 Å². The number of thioether (sulfide) groups is 2. The minimum Gasteiger partial charge on any atom is -0.497 e. The van der Waals surface area contributed by atoms with Gasteiger partial charge >= 0.3 is 5.97 Å². The van der Waals surface area contributed by atoms with Crippen LogP contribution < -0.4 is 4.74 Å². The molecule has 2 rings (SSSR count). The molecule has 0 unspecified atom stereocenters. The van der Waals surface area contributed by atoms with Crippen LogP contribution in [0.25, 0.3) is 0 Å². The normalized spacial score (nSPS) is 20.7. The molecule has 0 spiro atoms. The van der Waals surface area contributed by atoms with Crippen molar-refractivity contribution in [3.8, 4) is 5.75 Å². The van der Waals surface area contributed by atoms with E-state index in [-0.39, 0.29) is 47.8 Å². The Morgan fingerprint density at radius 3 is 1.85 bits per heavy atom. The molecule has 12 nitrogen and oxygen atoms in total. The van der Waals surface area contributed by atoms with E-state index < -0.39 is 93.5 Å². The summed E-state index contributed by atoms with van der Waals surface area (Å²) in [5.41, 5.74) is 3.39. The van der Waals surface area contributed by atoms with Crippen molar-refractivity contribution in [2.75, 3.05) is 45.7 Å². The Balaban J connectivity index is 2.81. The van der Waals surface area contributed by atoms with Crippen molar-refractivity contribution in [2.45, 2.75) is 205 Å². The number of carbonyl (C=O) groups is 1. The molecule has 16 heteroatoms. The Hall–Kier alpha value is -1.52. The number of aliphatic hydroxyl groups excluding tert-OH is 4. The molecule has 13 atom stereocenters. The lowest BCUT2D eigenvalue weighted by Crippen LogP contribution is -2.54. The number of rotatable bonds is 35. The average Bonchev–Trinajstić information content (AvgIpc) is 3.33. The number of carboxylic acids is 1. The predicted octanol–water partition coefficient (Wildman–Crippen LogP) is 12.2. The Morgan fingerprint density at radius 1 is 0.784 bits per heavy atom. The fourth-order valence-corrected chi connectivity index (χ4v) is 21.2. The molecule has 0 radical (unpaired) electrons. The molecule has 0 bridgehead atoms. The number of methoxy groups -OCH3 is 2. The molecule has 0 saturated carbocycles. The van der Waals surface area contributed by atoms with Crippen LogP contribution >= 0.6 is 23.5 Å². The largest absolute Gasteiger partial charge is 0.497 e. The van der Waals surface area contributed by atoms with Gasteiger partial charge < -0.3 is 53.6 Å². The van der Waals surface area contributed by atoms with Gasteiger partial charge in [-0.1, -0.05) is 132 Å². The van der Waals surface area contributed by atoms with Gasteiger partial charge in [-0.15, -0.1) is 23.5 Å². The molecule has 1 heterocycles. The van der Waals surface area contributed by atoms with Gasteiger partial charge in [0.25, 0.3) is 0 Å². The molecule has 1 aromatic carbocycles. The van der Waals surface area contributed by atoms with Crippen LogP contribution in [0, 0.1) is 35.5 Å². The minimum absolute atomic E-state index is 0.0715. The van der Waals surface area contributed by atoms with Crippen molar-refractivity contribution in [1.82, 2.24) is 0 Å². The van der Waals surface area contributed by atoms with Gasteiger partial charge in [-0.2, -0.15) is 0 Å². The van der Waals surface area contributed by atoms with Gasteiger partial charge in [-0.3, -0.25) is 0 Å². The summed E-state index contributed by atoms with van der Waals surface area (Å²) in [4.78, 5) is 13.1. The van der Waals surface area contributed by atoms with E-state index in [4.69, 9.17) is 28.1 Å². The van der Waals surface area contributed by atoms with E-state index in [1.165, 1.54) is 7.11 Å². The Morgan fingerprint density at radius 2 is 1.36 bits per heavy atom. The van der Waals surface area contributed by atoms with Crippen LogP contribution in [0.1, 0.15) is 115 Å². The third kappa shape index (κ3) is 19.7. The predicted molar refractivity (Wildman–Crippen MR) is 313 cm³/mol. The monoisotopic (exact) mass is 1110 g/mol.